The number of methoxy groups -OCH3 is 1. The number of nitrogens with zero attached hydrogens (tertiary/aromatic N) is 4. The maximum atomic E-state index is 15.1. The molecule has 0 fully saturated rings. The molecule has 0 bridgehead atoms. The number of rotatable bonds is 8. The van der Waals surface area contributed by atoms with E-state index in [1.54, 1.807) is 10.9 Å². The molecule has 0 aliphatic heterocycles. The van der Waals surface area contributed by atoms with Crippen LogP contribution >= 0.6 is 0 Å². The van der Waals surface area contributed by atoms with Gasteiger partial charge in [-0.2, -0.15) is 5.10 Å². The molecule has 29 heavy (non-hydrogen) atoms. The van der Waals surface area contributed by atoms with Crippen LogP contribution in [0, 0.1) is 0 Å². The van der Waals surface area contributed by atoms with Crippen LogP contribution in [0.2, 0.25) is 0 Å². The Kier molecular flexibility index (Phi) is 5.92. The third kappa shape index (κ3) is 4.60. The summed E-state index contributed by atoms with van der Waals surface area (Å²) in [6.07, 6.45) is 7.86. The minimum atomic E-state index is -1.91. The fourth-order valence-electron chi connectivity index (χ4n) is 2.83. The lowest BCUT2D eigenvalue weighted by atomic mass is 9.85. The molecule has 0 saturated heterocycles. The molecule has 0 aromatic carbocycles. The van der Waals surface area contributed by atoms with Crippen LogP contribution < -0.4 is 10.1 Å². The lowest BCUT2D eigenvalue weighted by molar-refractivity contribution is -0.132. The number of carboxylic acid groups (broad SMARTS) is 1. The van der Waals surface area contributed by atoms with Crippen molar-refractivity contribution in [2.24, 2.45) is 0 Å². The van der Waals surface area contributed by atoms with Gasteiger partial charge >= 0.3 is 5.97 Å². The zero-order chi connectivity index (χ0) is 21.0. The molecular formula is C19H22FN5O4. The second-order valence-corrected chi connectivity index (χ2v) is 6.57. The number of aromatic nitrogens is 4. The van der Waals surface area contributed by atoms with Gasteiger partial charge in [0.2, 0.25) is 5.95 Å². The summed E-state index contributed by atoms with van der Waals surface area (Å²) in [6, 6.07) is 0. The van der Waals surface area contributed by atoms with Gasteiger partial charge in [0.05, 0.1) is 29.9 Å². The standard InChI is InChI=1S/C19H22FN5O4/c1-4-25-10-14(7-23-25)24-18-21-8-15(9-22-18)29-11-13-5-12(17(26)27)6-16(28-3)19(13,2)20/h5-10,16H,4,11H2,1-3H3,(H,26,27)(H,21,22,24). The van der Waals surface area contributed by atoms with Gasteiger partial charge < -0.3 is 19.9 Å². The smallest absolute Gasteiger partial charge is 0.335 e. The summed E-state index contributed by atoms with van der Waals surface area (Å²) in [7, 11) is 1.33. The highest BCUT2D eigenvalue weighted by atomic mass is 19.1. The summed E-state index contributed by atoms with van der Waals surface area (Å²) in [6.45, 7) is 3.89. The zero-order valence-electron chi connectivity index (χ0n) is 16.3. The molecule has 1 aliphatic carbocycles. The lowest BCUT2D eigenvalue weighted by Crippen LogP contribution is -2.41. The van der Waals surface area contributed by atoms with Crippen LogP contribution in [0.5, 0.6) is 5.75 Å². The number of carbonyl (C=O) groups is 1. The predicted octanol–water partition coefficient (Wildman–Crippen LogP) is 2.51. The van der Waals surface area contributed by atoms with Crippen molar-refractivity contribution < 1.29 is 23.8 Å². The molecule has 3 rings (SSSR count). The predicted molar refractivity (Wildman–Crippen MR) is 103 cm³/mol. The Morgan fingerprint density at radius 3 is 2.69 bits per heavy atom. The number of anilines is 2. The molecule has 2 aromatic rings. The topological polar surface area (TPSA) is 111 Å². The normalized spacial score (nSPS) is 21.3. The third-order valence-corrected chi connectivity index (χ3v) is 4.56. The van der Waals surface area contributed by atoms with Crippen molar-refractivity contribution in [2.75, 3.05) is 19.0 Å². The first-order chi connectivity index (χ1) is 13.8. The first-order valence-corrected chi connectivity index (χ1v) is 8.95. The van der Waals surface area contributed by atoms with Crippen molar-refractivity contribution in [3.8, 4) is 5.75 Å². The first-order valence-electron chi connectivity index (χ1n) is 8.95. The number of aryl methyl sites for hydroxylation is 1. The van der Waals surface area contributed by atoms with Gasteiger partial charge in [-0.3, -0.25) is 4.68 Å². The number of carboxylic acids is 1. The van der Waals surface area contributed by atoms with Crippen LogP contribution in [0.4, 0.5) is 16.0 Å². The van der Waals surface area contributed by atoms with E-state index in [1.807, 2.05) is 13.1 Å². The Morgan fingerprint density at radius 1 is 1.38 bits per heavy atom. The molecule has 9 nitrogen and oxygen atoms in total. The van der Waals surface area contributed by atoms with E-state index in [9.17, 15) is 9.90 Å². The molecule has 0 spiro atoms. The summed E-state index contributed by atoms with van der Waals surface area (Å²) < 4.78 is 27.6. The fourth-order valence-corrected chi connectivity index (χ4v) is 2.83. The number of alkyl halides is 1. The highest BCUT2D eigenvalue weighted by molar-refractivity contribution is 5.90. The van der Waals surface area contributed by atoms with Gasteiger partial charge in [0, 0.05) is 25.4 Å². The van der Waals surface area contributed by atoms with Crippen LogP contribution in [0.1, 0.15) is 13.8 Å². The van der Waals surface area contributed by atoms with Gasteiger partial charge in [-0.05, 0) is 26.0 Å². The summed E-state index contributed by atoms with van der Waals surface area (Å²) >= 11 is 0. The molecule has 154 valence electrons. The van der Waals surface area contributed by atoms with E-state index in [-0.39, 0.29) is 17.8 Å². The number of aliphatic carboxylic acids is 1. The van der Waals surface area contributed by atoms with E-state index in [1.165, 1.54) is 38.6 Å². The van der Waals surface area contributed by atoms with Crippen LogP contribution in [0.15, 0.2) is 48.1 Å². The van der Waals surface area contributed by atoms with Crippen LogP contribution in [0.25, 0.3) is 0 Å². The summed E-state index contributed by atoms with van der Waals surface area (Å²) in [5.74, 6) is -0.488. The molecule has 0 amide bonds. The molecule has 0 radical (unpaired) electrons. The molecule has 0 saturated carbocycles. The van der Waals surface area contributed by atoms with E-state index in [0.29, 0.717) is 11.7 Å². The second kappa shape index (κ2) is 8.39. The SMILES string of the molecule is CCn1cc(Nc2ncc(OCC3=CC(C(=O)O)=CC(OC)C3(C)F)cn2)cn1. The molecular weight excluding hydrogens is 381 g/mol. The van der Waals surface area contributed by atoms with Gasteiger partial charge in [0.1, 0.15) is 12.7 Å². The highest BCUT2D eigenvalue weighted by Gasteiger charge is 2.41. The van der Waals surface area contributed by atoms with E-state index in [0.717, 1.165) is 12.2 Å². The Labute approximate surface area is 166 Å². The average molecular weight is 403 g/mol. The number of halogens is 1. The van der Waals surface area contributed by atoms with Crippen molar-refractivity contribution in [1.82, 2.24) is 19.7 Å². The largest absolute Gasteiger partial charge is 0.486 e. The second-order valence-electron chi connectivity index (χ2n) is 6.57. The maximum absolute atomic E-state index is 15.1. The summed E-state index contributed by atoms with van der Waals surface area (Å²) in [5, 5.41) is 16.4. The van der Waals surface area contributed by atoms with Crippen LogP contribution in [-0.4, -0.2) is 56.3 Å². The van der Waals surface area contributed by atoms with E-state index < -0.39 is 17.7 Å². The monoisotopic (exact) mass is 403 g/mol. The van der Waals surface area contributed by atoms with Crippen LogP contribution in [-0.2, 0) is 16.1 Å². The van der Waals surface area contributed by atoms with Gasteiger partial charge in [-0.1, -0.05) is 0 Å². The van der Waals surface area contributed by atoms with E-state index in [2.05, 4.69) is 20.4 Å². The van der Waals surface area contributed by atoms with Gasteiger partial charge in [-0.15, -0.1) is 0 Å². The van der Waals surface area contributed by atoms with Gasteiger partial charge in [0.15, 0.2) is 11.4 Å². The lowest BCUT2D eigenvalue weighted by Gasteiger charge is -2.33. The summed E-state index contributed by atoms with van der Waals surface area (Å²) in [5.41, 5.74) is -1.05. The molecule has 2 heterocycles. The number of ether oxygens (including phenoxy) is 2. The first kappa shape index (κ1) is 20.5. The summed E-state index contributed by atoms with van der Waals surface area (Å²) in [4.78, 5) is 19.6. The number of nitrogens with one attached hydrogen (secondary N) is 1. The van der Waals surface area contributed by atoms with E-state index in [4.69, 9.17) is 9.47 Å². The Morgan fingerprint density at radius 2 is 2.10 bits per heavy atom. The van der Waals surface area contributed by atoms with Crippen molar-refractivity contribution >= 4 is 17.6 Å². The number of hydrogen-bond acceptors (Lipinski definition) is 7. The molecule has 10 heteroatoms. The van der Waals surface area contributed by atoms with Crippen molar-refractivity contribution in [3.63, 3.8) is 0 Å². The third-order valence-electron chi connectivity index (χ3n) is 4.56. The molecule has 1 aliphatic rings. The minimum Gasteiger partial charge on any atom is -0.486 e. The van der Waals surface area contributed by atoms with Crippen molar-refractivity contribution in [2.45, 2.75) is 32.2 Å². The Balaban J connectivity index is 1.67. The quantitative estimate of drug-likeness (QED) is 0.692. The van der Waals surface area contributed by atoms with Crippen molar-refractivity contribution in [1.29, 1.82) is 0 Å². The Hall–Kier alpha value is -3.27. The van der Waals surface area contributed by atoms with Crippen molar-refractivity contribution in [3.05, 3.63) is 48.1 Å². The van der Waals surface area contributed by atoms with Gasteiger partial charge in [0.25, 0.3) is 0 Å². The average Bonchev–Trinajstić information content (AvgIpc) is 3.15. The molecule has 2 N–H and O–H groups in total. The number of hydrogen-bond donors (Lipinski definition) is 2. The molecule has 2 atom stereocenters. The maximum Gasteiger partial charge on any atom is 0.335 e. The van der Waals surface area contributed by atoms with Crippen LogP contribution in [0.3, 0.4) is 0 Å². The van der Waals surface area contributed by atoms with E-state index >= 15 is 4.39 Å². The Bertz CT molecular complexity index is 936. The highest BCUT2D eigenvalue weighted by Crippen LogP contribution is 2.34. The fraction of sp³-hybridized carbons (Fsp3) is 0.368. The zero-order valence-corrected chi connectivity index (χ0v) is 16.3. The molecule has 2 aromatic heterocycles. The minimum absolute atomic E-state index is 0.0472. The molecule has 2 unspecified atom stereocenters. The van der Waals surface area contributed by atoms with Gasteiger partial charge in [-0.25, -0.2) is 19.2 Å².